The third-order valence-corrected chi connectivity index (χ3v) is 3.16. The van der Waals surface area contributed by atoms with Gasteiger partial charge >= 0.3 is 13.5 Å². The Balaban J connectivity index is 0.00000200. The molecule has 10 N–H and O–H groups in total. The van der Waals surface area contributed by atoms with Gasteiger partial charge in [-0.15, -0.1) is 0 Å². The summed E-state index contributed by atoms with van der Waals surface area (Å²) in [5.41, 5.74) is 4.85. The first-order chi connectivity index (χ1) is 8.85. The Bertz CT molecular complexity index is 560. The van der Waals surface area contributed by atoms with Gasteiger partial charge in [-0.05, 0) is 18.9 Å². The normalized spacial score (nSPS) is 21.4. The summed E-state index contributed by atoms with van der Waals surface area (Å²) in [5, 5.41) is 0. The van der Waals surface area contributed by atoms with Gasteiger partial charge in [-0.25, -0.2) is 9.36 Å². The van der Waals surface area contributed by atoms with E-state index in [1.807, 2.05) is 0 Å². The molecule has 1 fully saturated rings. The van der Waals surface area contributed by atoms with Crippen molar-refractivity contribution in [3.8, 4) is 0 Å². The van der Waals surface area contributed by atoms with Crippen LogP contribution in [0, 0.1) is 0 Å². The van der Waals surface area contributed by atoms with Crippen LogP contribution in [0.15, 0.2) is 17.1 Å². The Morgan fingerprint density at radius 3 is 2.71 bits per heavy atom. The standard InChI is InChI=1S/C9H14N3O6P.2H3N/c10-7-3-4-12(9(13)11-7)8-2-1-6(18-8)5-17-19(14,15)16;;/h3-4,6,8H,1-2,5H2,(H2,10,11,13)(H2,14,15,16);2*1H3. The van der Waals surface area contributed by atoms with Crippen molar-refractivity contribution in [2.75, 3.05) is 12.3 Å². The van der Waals surface area contributed by atoms with Crippen LogP contribution in [-0.2, 0) is 13.8 Å². The van der Waals surface area contributed by atoms with Gasteiger partial charge in [0.25, 0.3) is 0 Å². The molecule has 1 aromatic heterocycles. The lowest BCUT2D eigenvalue weighted by Gasteiger charge is -2.15. The molecule has 2 atom stereocenters. The molecular weight excluding hydrogens is 305 g/mol. The summed E-state index contributed by atoms with van der Waals surface area (Å²) in [6.45, 7) is -0.224. The summed E-state index contributed by atoms with van der Waals surface area (Å²) in [6.07, 6.45) is 1.54. The van der Waals surface area contributed by atoms with Gasteiger partial charge in [-0.1, -0.05) is 0 Å². The number of nitrogens with zero attached hydrogens (tertiary/aromatic N) is 2. The first kappa shape index (κ1) is 19.7. The van der Waals surface area contributed by atoms with Crippen molar-refractivity contribution in [3.63, 3.8) is 0 Å². The maximum absolute atomic E-state index is 11.6. The Hall–Kier alpha value is -1.33. The molecule has 0 saturated carbocycles. The number of hydrogen-bond donors (Lipinski definition) is 5. The second-order valence-electron chi connectivity index (χ2n) is 4.12. The van der Waals surface area contributed by atoms with Crippen molar-refractivity contribution in [1.82, 2.24) is 21.9 Å². The quantitative estimate of drug-likeness (QED) is 0.465. The number of phosphoric acid groups is 1. The highest BCUT2D eigenvalue weighted by Crippen LogP contribution is 2.37. The number of nitrogen functional groups attached to an aromatic ring is 1. The summed E-state index contributed by atoms with van der Waals surface area (Å²) in [5.74, 6) is 0.126. The molecule has 1 aromatic rings. The molecule has 12 heteroatoms. The van der Waals surface area contributed by atoms with Gasteiger partial charge in [0.2, 0.25) is 0 Å². The van der Waals surface area contributed by atoms with Gasteiger partial charge in [-0.3, -0.25) is 9.09 Å². The van der Waals surface area contributed by atoms with E-state index in [4.69, 9.17) is 20.3 Å². The van der Waals surface area contributed by atoms with Gasteiger partial charge in [0.05, 0.1) is 12.7 Å². The molecule has 1 saturated heterocycles. The Morgan fingerprint density at radius 2 is 2.14 bits per heavy atom. The van der Waals surface area contributed by atoms with E-state index in [1.165, 1.54) is 16.8 Å². The maximum Gasteiger partial charge on any atom is 0.469 e. The third kappa shape index (κ3) is 5.52. The van der Waals surface area contributed by atoms with Gasteiger partial charge in [0.15, 0.2) is 0 Å². The van der Waals surface area contributed by atoms with Gasteiger partial charge in [-0.2, -0.15) is 4.98 Å². The minimum absolute atomic E-state index is 0. The van der Waals surface area contributed by atoms with Crippen LogP contribution in [0.3, 0.4) is 0 Å². The summed E-state index contributed by atoms with van der Waals surface area (Å²) < 4.78 is 21.7. The largest absolute Gasteiger partial charge is 0.469 e. The maximum atomic E-state index is 11.6. The fourth-order valence-corrected chi connectivity index (χ4v) is 2.20. The highest BCUT2D eigenvalue weighted by Gasteiger charge is 2.29. The van der Waals surface area contributed by atoms with Crippen LogP contribution in [0.5, 0.6) is 0 Å². The smallest absolute Gasteiger partial charge is 0.383 e. The van der Waals surface area contributed by atoms with Crippen LogP contribution in [0.2, 0.25) is 0 Å². The van der Waals surface area contributed by atoms with Crippen LogP contribution in [0.25, 0.3) is 0 Å². The Morgan fingerprint density at radius 1 is 1.48 bits per heavy atom. The second kappa shape index (κ2) is 7.61. The molecule has 21 heavy (non-hydrogen) atoms. The van der Waals surface area contributed by atoms with E-state index in [2.05, 4.69) is 9.51 Å². The molecule has 1 aliphatic heterocycles. The molecule has 0 bridgehead atoms. The van der Waals surface area contributed by atoms with E-state index >= 15 is 0 Å². The number of phosphoric ester groups is 1. The van der Waals surface area contributed by atoms with Gasteiger partial charge < -0.3 is 32.6 Å². The molecule has 0 radical (unpaired) electrons. The van der Waals surface area contributed by atoms with Crippen LogP contribution in [0.4, 0.5) is 5.82 Å². The van der Waals surface area contributed by atoms with E-state index < -0.39 is 25.8 Å². The van der Waals surface area contributed by atoms with Gasteiger partial charge in [0.1, 0.15) is 12.0 Å². The summed E-state index contributed by atoms with van der Waals surface area (Å²) >= 11 is 0. The molecule has 2 rings (SSSR count). The molecule has 2 unspecified atom stereocenters. The lowest BCUT2D eigenvalue weighted by atomic mass is 10.2. The first-order valence-electron chi connectivity index (χ1n) is 5.55. The van der Waals surface area contributed by atoms with Crippen molar-refractivity contribution in [3.05, 3.63) is 22.7 Å². The number of nitrogens with two attached hydrogens (primary N) is 1. The predicted molar refractivity (Wildman–Crippen MR) is 74.1 cm³/mol. The zero-order valence-corrected chi connectivity index (χ0v) is 12.2. The van der Waals surface area contributed by atoms with E-state index in [-0.39, 0.29) is 24.7 Å². The van der Waals surface area contributed by atoms with Gasteiger partial charge in [0, 0.05) is 6.20 Å². The Kier molecular flexibility index (Phi) is 7.13. The number of rotatable bonds is 4. The Labute approximate surface area is 120 Å². The lowest BCUT2D eigenvalue weighted by Crippen LogP contribution is -2.27. The second-order valence-corrected chi connectivity index (χ2v) is 5.36. The summed E-state index contributed by atoms with van der Waals surface area (Å²) in [6, 6.07) is 1.48. The zero-order valence-electron chi connectivity index (χ0n) is 11.3. The topological polar surface area (TPSA) is 207 Å². The molecule has 0 amide bonds. The van der Waals surface area contributed by atoms with Crippen molar-refractivity contribution in [1.29, 1.82) is 0 Å². The van der Waals surface area contributed by atoms with Crippen LogP contribution in [-0.4, -0.2) is 32.0 Å². The van der Waals surface area contributed by atoms with E-state index in [0.29, 0.717) is 12.8 Å². The fraction of sp³-hybridized carbons (Fsp3) is 0.556. The van der Waals surface area contributed by atoms with E-state index in [1.54, 1.807) is 0 Å². The van der Waals surface area contributed by atoms with E-state index in [9.17, 15) is 9.36 Å². The molecule has 0 aromatic carbocycles. The zero-order chi connectivity index (χ0) is 14.0. The lowest BCUT2D eigenvalue weighted by molar-refractivity contribution is -0.0242. The number of hydrogen-bond acceptors (Lipinski definition) is 8. The molecular formula is C9H20N5O6P. The first-order valence-corrected chi connectivity index (χ1v) is 7.08. The average molecular weight is 325 g/mol. The van der Waals surface area contributed by atoms with Crippen molar-refractivity contribution in [2.45, 2.75) is 25.2 Å². The molecule has 122 valence electrons. The van der Waals surface area contributed by atoms with Crippen LogP contribution >= 0.6 is 7.82 Å². The molecule has 1 aliphatic rings. The highest BCUT2D eigenvalue weighted by molar-refractivity contribution is 7.46. The third-order valence-electron chi connectivity index (χ3n) is 2.68. The van der Waals surface area contributed by atoms with E-state index in [0.717, 1.165) is 0 Å². The number of aromatic nitrogens is 2. The molecule has 11 nitrogen and oxygen atoms in total. The summed E-state index contributed by atoms with van der Waals surface area (Å²) in [7, 11) is -4.50. The van der Waals surface area contributed by atoms with Crippen molar-refractivity contribution >= 4 is 13.6 Å². The average Bonchev–Trinajstić information content (AvgIpc) is 2.74. The van der Waals surface area contributed by atoms with Crippen molar-refractivity contribution < 1.29 is 23.6 Å². The molecule has 2 heterocycles. The predicted octanol–water partition coefficient (Wildman–Crippen LogP) is -0.0636. The monoisotopic (exact) mass is 325 g/mol. The molecule has 0 spiro atoms. The van der Waals surface area contributed by atoms with Crippen LogP contribution < -0.4 is 23.7 Å². The SMILES string of the molecule is N.N.Nc1ccn(C2CCC(COP(=O)(O)O)O2)c(=O)n1. The highest BCUT2D eigenvalue weighted by atomic mass is 31.2. The number of ether oxygens (including phenoxy) is 1. The summed E-state index contributed by atoms with van der Waals surface area (Å²) in [4.78, 5) is 32.3. The minimum Gasteiger partial charge on any atom is -0.383 e. The van der Waals surface area contributed by atoms with Crippen molar-refractivity contribution in [2.24, 2.45) is 0 Å². The number of anilines is 1. The minimum atomic E-state index is -4.50. The fourth-order valence-electron chi connectivity index (χ4n) is 1.84. The van der Waals surface area contributed by atoms with Crippen LogP contribution in [0.1, 0.15) is 19.1 Å². The molecule has 0 aliphatic carbocycles.